The van der Waals surface area contributed by atoms with E-state index in [4.69, 9.17) is 10.7 Å². The van der Waals surface area contributed by atoms with E-state index in [0.29, 0.717) is 0 Å². The first-order chi connectivity index (χ1) is 5.47. The predicted molar refractivity (Wildman–Crippen MR) is 43.3 cm³/mol. The van der Waals surface area contributed by atoms with Crippen LogP contribution in [-0.4, -0.2) is 18.6 Å². The van der Waals surface area contributed by atoms with Gasteiger partial charge in [-0.3, -0.25) is 4.79 Å². The molecule has 0 aliphatic carbocycles. The third-order valence-corrected chi connectivity index (χ3v) is 2.02. The van der Waals surface area contributed by atoms with E-state index in [9.17, 15) is 13.2 Å². The summed E-state index contributed by atoms with van der Waals surface area (Å²) < 4.78 is 21.0. The molecule has 0 radical (unpaired) electrons. The van der Waals surface area contributed by atoms with Crippen LogP contribution in [0.5, 0.6) is 0 Å². The normalized spacial score (nSPS) is 11.4. The van der Waals surface area contributed by atoms with Crippen molar-refractivity contribution in [2.45, 2.75) is 5.75 Å². The lowest BCUT2D eigenvalue weighted by Gasteiger charge is -1.93. The third-order valence-electron chi connectivity index (χ3n) is 1.06. The summed E-state index contributed by atoms with van der Waals surface area (Å²) >= 11 is 0. The summed E-state index contributed by atoms with van der Waals surface area (Å²) in [6.07, 6.45) is 0. The Bertz CT molecular complexity index is 404. The van der Waals surface area contributed by atoms with Gasteiger partial charge in [0, 0.05) is 16.7 Å². The second-order valence-corrected chi connectivity index (χ2v) is 4.87. The summed E-state index contributed by atoms with van der Waals surface area (Å²) in [6, 6.07) is 2.49. The maximum absolute atomic E-state index is 10.5. The molecule has 1 N–H and O–H groups in total. The van der Waals surface area contributed by atoms with E-state index < -0.39 is 9.05 Å². The standard InChI is InChI=1S/C5H5ClN2O3S/c6-12(10,11)3-4-1-2-5(9)8-7-4/h1-2H,3H2,(H,8,9). The first kappa shape index (κ1) is 9.21. The molecule has 0 unspecified atom stereocenters. The average molecular weight is 209 g/mol. The zero-order chi connectivity index (χ0) is 9.19. The molecule has 5 nitrogen and oxygen atoms in total. The van der Waals surface area contributed by atoms with E-state index in [-0.39, 0.29) is 17.0 Å². The van der Waals surface area contributed by atoms with Crippen molar-refractivity contribution in [2.24, 2.45) is 0 Å². The van der Waals surface area contributed by atoms with Gasteiger partial charge < -0.3 is 0 Å². The molecule has 1 rings (SSSR count). The van der Waals surface area contributed by atoms with Crippen molar-refractivity contribution in [1.29, 1.82) is 0 Å². The Morgan fingerprint density at radius 3 is 2.58 bits per heavy atom. The number of hydrogen-bond donors (Lipinski definition) is 1. The lowest BCUT2D eigenvalue weighted by Crippen LogP contribution is -2.09. The molecule has 0 bridgehead atoms. The minimum absolute atomic E-state index is 0.213. The average Bonchev–Trinajstić information content (AvgIpc) is 1.91. The van der Waals surface area contributed by atoms with E-state index in [2.05, 4.69) is 10.2 Å². The van der Waals surface area contributed by atoms with Crippen LogP contribution in [0.2, 0.25) is 0 Å². The summed E-state index contributed by atoms with van der Waals surface area (Å²) in [4.78, 5) is 10.5. The maximum atomic E-state index is 10.5. The molecule has 0 amide bonds. The topological polar surface area (TPSA) is 79.9 Å². The monoisotopic (exact) mass is 208 g/mol. The van der Waals surface area contributed by atoms with Gasteiger partial charge in [0.2, 0.25) is 9.05 Å². The van der Waals surface area contributed by atoms with Crippen molar-refractivity contribution in [3.05, 3.63) is 28.2 Å². The number of H-pyrrole nitrogens is 1. The lowest BCUT2D eigenvalue weighted by atomic mass is 10.4. The minimum Gasteiger partial charge on any atom is -0.268 e. The maximum Gasteiger partial charge on any atom is 0.264 e. The van der Waals surface area contributed by atoms with Crippen molar-refractivity contribution in [3.8, 4) is 0 Å². The summed E-state index contributed by atoms with van der Waals surface area (Å²) in [5.74, 6) is -0.384. The SMILES string of the molecule is O=c1ccc(CS(=O)(=O)Cl)n[nH]1. The van der Waals surface area contributed by atoms with Crippen LogP contribution in [0.1, 0.15) is 5.69 Å². The van der Waals surface area contributed by atoms with Gasteiger partial charge >= 0.3 is 0 Å². The molecule has 0 saturated heterocycles. The smallest absolute Gasteiger partial charge is 0.264 e. The molecule has 1 aromatic heterocycles. The molecule has 0 atom stereocenters. The Kier molecular flexibility index (Phi) is 2.49. The van der Waals surface area contributed by atoms with Crippen LogP contribution >= 0.6 is 10.7 Å². The highest BCUT2D eigenvalue weighted by Gasteiger charge is 2.07. The van der Waals surface area contributed by atoms with Crippen molar-refractivity contribution in [1.82, 2.24) is 10.2 Å². The Morgan fingerprint density at radius 1 is 1.50 bits per heavy atom. The van der Waals surface area contributed by atoms with Gasteiger partial charge in [-0.15, -0.1) is 0 Å². The summed E-state index contributed by atoms with van der Waals surface area (Å²) in [5.41, 5.74) is -0.171. The second kappa shape index (κ2) is 3.24. The molecule has 0 saturated carbocycles. The van der Waals surface area contributed by atoms with Crippen LogP contribution in [0.15, 0.2) is 16.9 Å². The molecule has 0 fully saturated rings. The molecule has 7 heteroatoms. The molecule has 0 spiro atoms. The van der Waals surface area contributed by atoms with E-state index in [1.807, 2.05) is 0 Å². The fourth-order valence-electron chi connectivity index (χ4n) is 0.630. The Labute approximate surface area is 72.8 Å². The molecule has 1 aromatic rings. The fraction of sp³-hybridized carbons (Fsp3) is 0.200. The van der Waals surface area contributed by atoms with E-state index in [0.717, 1.165) is 0 Å². The van der Waals surface area contributed by atoms with Gasteiger partial charge in [-0.1, -0.05) is 0 Å². The zero-order valence-electron chi connectivity index (χ0n) is 5.82. The quantitative estimate of drug-likeness (QED) is 0.685. The van der Waals surface area contributed by atoms with Gasteiger partial charge in [-0.2, -0.15) is 5.10 Å². The van der Waals surface area contributed by atoms with Gasteiger partial charge in [-0.25, -0.2) is 13.5 Å². The Hall–Kier alpha value is -0.880. The largest absolute Gasteiger partial charge is 0.268 e. The van der Waals surface area contributed by atoms with Gasteiger partial charge in [0.1, 0.15) is 5.75 Å². The van der Waals surface area contributed by atoms with E-state index >= 15 is 0 Å². The first-order valence-corrected chi connectivity index (χ1v) is 5.42. The summed E-state index contributed by atoms with van der Waals surface area (Å²) in [7, 11) is 1.35. The van der Waals surface area contributed by atoms with Crippen molar-refractivity contribution in [3.63, 3.8) is 0 Å². The number of aromatic amines is 1. The molecule has 0 aliphatic rings. The third kappa shape index (κ3) is 3.02. The van der Waals surface area contributed by atoms with Gasteiger partial charge in [0.05, 0.1) is 5.69 Å². The molecule has 66 valence electrons. The fourth-order valence-corrected chi connectivity index (χ4v) is 1.48. The Balaban J connectivity index is 2.93. The van der Waals surface area contributed by atoms with E-state index in [1.165, 1.54) is 12.1 Å². The number of nitrogens with one attached hydrogen (secondary N) is 1. The zero-order valence-corrected chi connectivity index (χ0v) is 7.39. The van der Waals surface area contributed by atoms with Crippen molar-refractivity contribution in [2.75, 3.05) is 0 Å². The van der Waals surface area contributed by atoms with Crippen LogP contribution in [0.25, 0.3) is 0 Å². The molecule has 0 aromatic carbocycles. The number of halogens is 1. The minimum atomic E-state index is -3.60. The molecule has 0 aliphatic heterocycles. The Morgan fingerprint density at radius 2 is 2.17 bits per heavy atom. The van der Waals surface area contributed by atoms with Crippen LogP contribution in [0, 0.1) is 0 Å². The van der Waals surface area contributed by atoms with Crippen LogP contribution in [-0.2, 0) is 14.8 Å². The first-order valence-electron chi connectivity index (χ1n) is 2.94. The number of hydrogen-bond acceptors (Lipinski definition) is 4. The molecular weight excluding hydrogens is 204 g/mol. The number of aromatic nitrogens is 2. The van der Waals surface area contributed by atoms with Gasteiger partial charge in [0.25, 0.3) is 5.56 Å². The highest BCUT2D eigenvalue weighted by molar-refractivity contribution is 8.13. The molecular formula is C5H5ClN2O3S. The number of rotatable bonds is 2. The lowest BCUT2D eigenvalue weighted by molar-refractivity contribution is 0.608. The highest BCUT2D eigenvalue weighted by Crippen LogP contribution is 2.04. The number of nitrogens with zero attached hydrogens (tertiary/aromatic N) is 1. The second-order valence-electron chi connectivity index (χ2n) is 2.10. The van der Waals surface area contributed by atoms with Crippen LogP contribution < -0.4 is 5.56 Å². The summed E-state index contributed by atoms with van der Waals surface area (Å²) in [6.45, 7) is 0. The van der Waals surface area contributed by atoms with E-state index in [1.54, 1.807) is 0 Å². The van der Waals surface area contributed by atoms with Crippen molar-refractivity contribution < 1.29 is 8.42 Å². The summed E-state index contributed by atoms with van der Waals surface area (Å²) in [5, 5.41) is 5.56. The van der Waals surface area contributed by atoms with Gasteiger partial charge in [0.15, 0.2) is 0 Å². The van der Waals surface area contributed by atoms with Crippen LogP contribution in [0.3, 0.4) is 0 Å². The van der Waals surface area contributed by atoms with Gasteiger partial charge in [-0.05, 0) is 6.07 Å². The molecule has 1 heterocycles. The predicted octanol–water partition coefficient (Wildman–Crippen LogP) is -0.162. The van der Waals surface area contributed by atoms with Crippen molar-refractivity contribution >= 4 is 19.7 Å². The highest BCUT2D eigenvalue weighted by atomic mass is 35.7. The van der Waals surface area contributed by atoms with Crippen LogP contribution in [0.4, 0.5) is 0 Å². The molecule has 12 heavy (non-hydrogen) atoms.